The van der Waals surface area contributed by atoms with Gasteiger partial charge < -0.3 is 10.2 Å². The molecule has 3 aromatic rings. The van der Waals surface area contributed by atoms with Gasteiger partial charge in [-0.1, -0.05) is 43.3 Å². The van der Waals surface area contributed by atoms with Crippen LogP contribution < -0.4 is 9.62 Å². The lowest BCUT2D eigenvalue weighted by Crippen LogP contribution is -2.51. The van der Waals surface area contributed by atoms with Gasteiger partial charge in [0.25, 0.3) is 10.0 Å². The average Bonchev–Trinajstić information content (AvgIpc) is 2.90. The van der Waals surface area contributed by atoms with Crippen molar-refractivity contribution < 1.29 is 22.4 Å². The van der Waals surface area contributed by atoms with Crippen LogP contribution >= 0.6 is 0 Å². The van der Waals surface area contributed by atoms with Crippen molar-refractivity contribution >= 4 is 27.5 Å². The van der Waals surface area contributed by atoms with Gasteiger partial charge in [0.05, 0.1) is 10.6 Å². The Morgan fingerprint density at radius 3 is 2.16 bits per heavy atom. The number of sulfonamides is 1. The lowest BCUT2D eigenvalue weighted by atomic mass is 10.1. The van der Waals surface area contributed by atoms with Crippen LogP contribution in [0.2, 0.25) is 0 Å². The summed E-state index contributed by atoms with van der Waals surface area (Å²) in [5.41, 5.74) is 2.81. The van der Waals surface area contributed by atoms with E-state index in [-0.39, 0.29) is 17.3 Å². The van der Waals surface area contributed by atoms with Crippen LogP contribution in [0.25, 0.3) is 0 Å². The number of likely N-dealkylation sites (N-methyl/N-ethyl adjacent to an activating group) is 1. The van der Waals surface area contributed by atoms with E-state index < -0.39 is 34.3 Å². The van der Waals surface area contributed by atoms with Crippen molar-refractivity contribution in [2.24, 2.45) is 0 Å². The zero-order valence-electron chi connectivity index (χ0n) is 21.4. The van der Waals surface area contributed by atoms with Crippen LogP contribution in [0.15, 0.2) is 77.7 Å². The fraction of sp³-hybridized carbons (Fsp3) is 0.286. The molecule has 0 aromatic heterocycles. The number of carbonyl (C=O) groups is 2. The van der Waals surface area contributed by atoms with Crippen LogP contribution in [-0.4, -0.2) is 44.8 Å². The molecule has 2 amide bonds. The van der Waals surface area contributed by atoms with Crippen molar-refractivity contribution in [1.29, 1.82) is 0 Å². The number of nitrogens with one attached hydrogen (secondary N) is 1. The third-order valence-corrected chi connectivity index (χ3v) is 8.08. The predicted octanol–water partition coefficient (Wildman–Crippen LogP) is 4.19. The molecule has 0 radical (unpaired) electrons. The third kappa shape index (κ3) is 6.54. The monoisotopic (exact) mass is 525 g/mol. The minimum Gasteiger partial charge on any atom is -0.357 e. The van der Waals surface area contributed by atoms with Crippen LogP contribution in [0.5, 0.6) is 0 Å². The van der Waals surface area contributed by atoms with Crippen molar-refractivity contribution in [3.05, 3.63) is 95.3 Å². The molecule has 1 atom stereocenters. The van der Waals surface area contributed by atoms with Gasteiger partial charge >= 0.3 is 0 Å². The predicted molar refractivity (Wildman–Crippen MR) is 142 cm³/mol. The van der Waals surface area contributed by atoms with E-state index in [0.717, 1.165) is 15.4 Å². The van der Waals surface area contributed by atoms with Gasteiger partial charge in [-0.25, -0.2) is 12.8 Å². The number of nitrogens with zero attached hydrogens (tertiary/aromatic N) is 2. The van der Waals surface area contributed by atoms with Gasteiger partial charge in [-0.2, -0.15) is 0 Å². The first kappa shape index (κ1) is 27.9. The molecule has 9 heteroatoms. The van der Waals surface area contributed by atoms with Gasteiger partial charge in [-0.3, -0.25) is 13.9 Å². The summed E-state index contributed by atoms with van der Waals surface area (Å²) in [5.74, 6) is -1.35. The van der Waals surface area contributed by atoms with Crippen LogP contribution in [0.4, 0.5) is 10.1 Å². The van der Waals surface area contributed by atoms with Gasteiger partial charge in [0.1, 0.15) is 18.4 Å². The highest BCUT2D eigenvalue weighted by molar-refractivity contribution is 7.92. The zero-order chi connectivity index (χ0) is 27.2. The van der Waals surface area contributed by atoms with Gasteiger partial charge in [0.2, 0.25) is 11.8 Å². The van der Waals surface area contributed by atoms with Crippen LogP contribution in [0.1, 0.15) is 30.0 Å². The molecule has 0 heterocycles. The standard InChI is InChI=1S/C28H32FN3O4S/c1-5-26(28(34)30-4)31(18-22-12-14-23(29)15-13-22)27(33)19-32(24-16-11-20(2)21(3)17-24)37(35,36)25-9-7-6-8-10-25/h6-17,26H,5,18-19H2,1-4H3,(H,30,34)/t26-/m0/s1. The number of amides is 2. The molecule has 0 aliphatic heterocycles. The van der Waals surface area contributed by atoms with Gasteiger partial charge in [0, 0.05) is 13.6 Å². The van der Waals surface area contributed by atoms with Crippen molar-refractivity contribution in [2.75, 3.05) is 17.9 Å². The van der Waals surface area contributed by atoms with E-state index in [2.05, 4.69) is 5.32 Å². The number of benzene rings is 3. The SMILES string of the molecule is CC[C@@H](C(=O)NC)N(Cc1ccc(F)cc1)C(=O)CN(c1ccc(C)c(C)c1)S(=O)(=O)c1ccccc1. The normalized spacial score (nSPS) is 12.0. The number of hydrogen-bond acceptors (Lipinski definition) is 4. The van der Waals surface area contributed by atoms with Crippen molar-refractivity contribution in [3.63, 3.8) is 0 Å². The summed E-state index contributed by atoms with van der Waals surface area (Å²) >= 11 is 0. The Kier molecular flexibility index (Phi) is 9.04. The topological polar surface area (TPSA) is 86.8 Å². The highest BCUT2D eigenvalue weighted by atomic mass is 32.2. The lowest BCUT2D eigenvalue weighted by Gasteiger charge is -2.33. The summed E-state index contributed by atoms with van der Waals surface area (Å²) < 4.78 is 42.1. The fourth-order valence-corrected chi connectivity index (χ4v) is 5.43. The summed E-state index contributed by atoms with van der Waals surface area (Å²) in [6.45, 7) is 5.05. The smallest absolute Gasteiger partial charge is 0.264 e. The first-order chi connectivity index (χ1) is 17.6. The molecular formula is C28H32FN3O4S. The maximum absolute atomic E-state index is 13.8. The summed E-state index contributed by atoms with van der Waals surface area (Å²) in [7, 11) is -2.63. The first-order valence-corrected chi connectivity index (χ1v) is 13.4. The Hall–Kier alpha value is -3.72. The van der Waals surface area contributed by atoms with E-state index in [0.29, 0.717) is 17.7 Å². The molecule has 0 unspecified atom stereocenters. The molecule has 0 saturated carbocycles. The molecule has 0 aliphatic rings. The molecule has 0 aliphatic carbocycles. The number of hydrogen-bond donors (Lipinski definition) is 1. The second kappa shape index (κ2) is 12.0. The van der Waals surface area contributed by atoms with E-state index in [4.69, 9.17) is 0 Å². The summed E-state index contributed by atoms with van der Waals surface area (Å²) in [6, 6.07) is 17.9. The molecule has 0 bridgehead atoms. The van der Waals surface area contributed by atoms with E-state index >= 15 is 0 Å². The first-order valence-electron chi connectivity index (χ1n) is 12.0. The largest absolute Gasteiger partial charge is 0.357 e. The molecule has 0 fully saturated rings. The molecule has 37 heavy (non-hydrogen) atoms. The second-order valence-electron chi connectivity index (χ2n) is 8.78. The van der Waals surface area contributed by atoms with Gasteiger partial charge in [-0.05, 0) is 73.4 Å². The van der Waals surface area contributed by atoms with E-state index in [9.17, 15) is 22.4 Å². The summed E-state index contributed by atoms with van der Waals surface area (Å²) in [6.07, 6.45) is 0.307. The Balaban J connectivity index is 2.06. The van der Waals surface area contributed by atoms with Crippen LogP contribution in [-0.2, 0) is 26.2 Å². The van der Waals surface area contributed by atoms with Crippen molar-refractivity contribution in [2.45, 2.75) is 44.7 Å². The highest BCUT2D eigenvalue weighted by Crippen LogP contribution is 2.26. The molecule has 7 nitrogen and oxygen atoms in total. The molecule has 3 aromatic carbocycles. The number of carbonyl (C=O) groups excluding carboxylic acids is 2. The van der Waals surface area contributed by atoms with E-state index in [1.807, 2.05) is 13.8 Å². The quantitative estimate of drug-likeness (QED) is 0.430. The van der Waals surface area contributed by atoms with E-state index in [1.54, 1.807) is 43.3 Å². The Morgan fingerprint density at radius 2 is 1.59 bits per heavy atom. The Morgan fingerprint density at radius 1 is 0.946 bits per heavy atom. The van der Waals surface area contributed by atoms with Gasteiger partial charge in [-0.15, -0.1) is 0 Å². The molecule has 1 N–H and O–H groups in total. The van der Waals surface area contributed by atoms with Crippen LogP contribution in [0, 0.1) is 19.7 Å². The minimum atomic E-state index is -4.11. The molecule has 3 rings (SSSR count). The third-order valence-electron chi connectivity index (χ3n) is 6.29. The maximum atomic E-state index is 13.8. The maximum Gasteiger partial charge on any atom is 0.264 e. The fourth-order valence-electron chi connectivity index (χ4n) is 4.00. The molecule has 196 valence electrons. The second-order valence-corrected chi connectivity index (χ2v) is 10.6. The van der Waals surface area contributed by atoms with Gasteiger partial charge in [0.15, 0.2) is 0 Å². The van der Waals surface area contributed by atoms with E-state index in [1.165, 1.54) is 48.3 Å². The average molecular weight is 526 g/mol. The molecule has 0 spiro atoms. The van der Waals surface area contributed by atoms with Crippen LogP contribution in [0.3, 0.4) is 0 Å². The molecule has 0 saturated heterocycles. The zero-order valence-corrected chi connectivity index (χ0v) is 22.3. The summed E-state index contributed by atoms with van der Waals surface area (Å²) in [4.78, 5) is 27.9. The van der Waals surface area contributed by atoms with Crippen molar-refractivity contribution in [3.8, 4) is 0 Å². The lowest BCUT2D eigenvalue weighted by molar-refractivity contribution is -0.140. The van der Waals surface area contributed by atoms with Crippen molar-refractivity contribution in [1.82, 2.24) is 10.2 Å². The summed E-state index contributed by atoms with van der Waals surface area (Å²) in [5, 5.41) is 2.58. The number of halogens is 1. The number of aryl methyl sites for hydroxylation is 2. The molecular weight excluding hydrogens is 493 g/mol. The number of rotatable bonds is 10. The Bertz CT molecular complexity index is 1350. The Labute approximate surface area is 218 Å². The number of anilines is 1. The minimum absolute atomic E-state index is 0.0111. The highest BCUT2D eigenvalue weighted by Gasteiger charge is 2.33.